The minimum Gasteiger partial charge on any atom is -0.476 e. The summed E-state index contributed by atoms with van der Waals surface area (Å²) in [4.78, 5) is 4.20. The molecule has 1 aromatic carbocycles. The van der Waals surface area contributed by atoms with Gasteiger partial charge in [0.05, 0.1) is 6.54 Å². The second-order valence-corrected chi connectivity index (χ2v) is 4.74. The Balaban J connectivity index is 0.000000203. The Kier molecular flexibility index (Phi) is 4.90. The molecule has 1 heterocycles. The molecule has 0 aromatic heterocycles. The summed E-state index contributed by atoms with van der Waals surface area (Å²) in [6, 6.07) is 9.96. The number of hydrogen-bond acceptors (Lipinski definition) is 4. The van der Waals surface area contributed by atoms with Gasteiger partial charge in [0.15, 0.2) is 0 Å². The Hall–Kier alpha value is -1.61. The van der Waals surface area contributed by atoms with E-state index >= 15 is 0 Å². The molecule has 1 N–H and O–H groups in total. The van der Waals surface area contributed by atoms with Crippen molar-refractivity contribution < 1.29 is 30.9 Å². The van der Waals surface area contributed by atoms with Crippen molar-refractivity contribution in [2.75, 3.05) is 13.2 Å². The van der Waals surface area contributed by atoms with Gasteiger partial charge in [-0.15, -0.1) is 0 Å². The zero-order chi connectivity index (χ0) is 14.5. The minimum absolute atomic E-state index is 0.726. The van der Waals surface area contributed by atoms with Crippen LogP contribution in [0.15, 0.2) is 35.3 Å². The van der Waals surface area contributed by atoms with E-state index < -0.39 is 15.6 Å². The van der Waals surface area contributed by atoms with Crippen molar-refractivity contribution in [3.05, 3.63) is 35.9 Å². The third-order valence-electron chi connectivity index (χ3n) is 1.90. The quantitative estimate of drug-likeness (QED) is 0.634. The van der Waals surface area contributed by atoms with E-state index in [-0.39, 0.29) is 0 Å². The molecule has 0 unspecified atom stereocenters. The first kappa shape index (κ1) is 15.4. The lowest BCUT2D eigenvalue weighted by atomic mass is 10.2. The van der Waals surface area contributed by atoms with E-state index in [1.54, 1.807) is 0 Å². The Morgan fingerprint density at radius 3 is 2.11 bits per heavy atom. The van der Waals surface area contributed by atoms with Crippen molar-refractivity contribution >= 4 is 16.0 Å². The maximum atomic E-state index is 10.7. The summed E-state index contributed by atoms with van der Waals surface area (Å²) in [5.74, 6) is 0.783. The summed E-state index contributed by atoms with van der Waals surface area (Å²) in [7, 11) is -5.84. The predicted molar refractivity (Wildman–Crippen MR) is 61.4 cm³/mol. The molecule has 9 heteroatoms. The number of halogens is 3. The topological polar surface area (TPSA) is 76.0 Å². The Morgan fingerprint density at radius 2 is 1.74 bits per heavy atom. The highest BCUT2D eigenvalue weighted by Gasteiger charge is 2.44. The third-order valence-corrected chi connectivity index (χ3v) is 2.48. The molecule has 0 aliphatic carbocycles. The minimum atomic E-state index is -5.84. The van der Waals surface area contributed by atoms with Gasteiger partial charge in [-0.2, -0.15) is 21.6 Å². The fraction of sp³-hybridized carbons (Fsp3) is 0.300. The molecule has 0 fully saturated rings. The van der Waals surface area contributed by atoms with Crippen molar-refractivity contribution in [1.82, 2.24) is 0 Å². The normalized spacial score (nSPS) is 15.1. The molecule has 0 amide bonds. The molecule has 0 bridgehead atoms. The number of benzene rings is 1. The molecule has 0 saturated heterocycles. The highest BCUT2D eigenvalue weighted by atomic mass is 32.2. The number of hydrogen-bond donors (Lipinski definition) is 1. The highest BCUT2D eigenvalue weighted by molar-refractivity contribution is 7.86. The van der Waals surface area contributed by atoms with E-state index in [1.807, 2.05) is 30.3 Å². The Bertz CT molecular complexity index is 540. The molecular formula is C10H10F3NO4S. The van der Waals surface area contributed by atoms with Crippen molar-refractivity contribution in [2.45, 2.75) is 5.51 Å². The van der Waals surface area contributed by atoms with E-state index in [1.165, 1.54) is 0 Å². The van der Waals surface area contributed by atoms with Crippen molar-refractivity contribution in [1.29, 1.82) is 0 Å². The predicted octanol–water partition coefficient (Wildman–Crippen LogP) is 1.86. The third kappa shape index (κ3) is 4.87. The van der Waals surface area contributed by atoms with Crippen LogP contribution >= 0.6 is 0 Å². The first-order valence-electron chi connectivity index (χ1n) is 4.98. The van der Waals surface area contributed by atoms with Crippen LogP contribution in [0.25, 0.3) is 0 Å². The van der Waals surface area contributed by atoms with Crippen LogP contribution in [-0.2, 0) is 14.9 Å². The fourth-order valence-electron chi connectivity index (χ4n) is 1.09. The number of alkyl halides is 3. The molecule has 0 atom stereocenters. The van der Waals surface area contributed by atoms with Crippen LogP contribution in [0.2, 0.25) is 0 Å². The zero-order valence-corrected chi connectivity index (χ0v) is 10.3. The average Bonchev–Trinajstić information content (AvgIpc) is 2.81. The first-order chi connectivity index (χ1) is 8.72. The maximum Gasteiger partial charge on any atom is 0.522 e. The molecule has 2 rings (SSSR count). The lowest BCUT2D eigenvalue weighted by Gasteiger charge is -1.98. The molecule has 106 valence electrons. The Labute approximate surface area is 107 Å². The molecular weight excluding hydrogens is 287 g/mol. The zero-order valence-electron chi connectivity index (χ0n) is 9.46. The summed E-state index contributed by atoms with van der Waals surface area (Å²) < 4.78 is 62.8. The molecule has 0 radical (unpaired) electrons. The van der Waals surface area contributed by atoms with Gasteiger partial charge in [-0.25, -0.2) is 4.99 Å². The molecule has 1 aliphatic rings. The van der Waals surface area contributed by atoms with Gasteiger partial charge in [-0.1, -0.05) is 18.2 Å². The van der Waals surface area contributed by atoms with E-state index in [9.17, 15) is 13.2 Å². The van der Waals surface area contributed by atoms with Gasteiger partial charge in [-0.3, -0.25) is 4.55 Å². The van der Waals surface area contributed by atoms with Crippen LogP contribution in [0.3, 0.4) is 0 Å². The standard InChI is InChI=1S/C9H9NO.CHF3O3S/c1-2-4-8(5-3-1)9-10-6-7-11-9;2-1(3,4)8(5,6)7/h1-5H,6-7H2;(H,5,6,7). The molecule has 1 aliphatic heterocycles. The first-order valence-corrected chi connectivity index (χ1v) is 6.42. The van der Waals surface area contributed by atoms with E-state index in [4.69, 9.17) is 17.7 Å². The van der Waals surface area contributed by atoms with Crippen LogP contribution in [-0.4, -0.2) is 37.5 Å². The van der Waals surface area contributed by atoms with Gasteiger partial charge in [0.2, 0.25) is 5.90 Å². The van der Waals surface area contributed by atoms with Crippen molar-refractivity contribution in [3.63, 3.8) is 0 Å². The monoisotopic (exact) mass is 297 g/mol. The van der Waals surface area contributed by atoms with Gasteiger partial charge in [0, 0.05) is 5.56 Å². The second kappa shape index (κ2) is 6.02. The Morgan fingerprint density at radius 1 is 1.21 bits per heavy atom. The average molecular weight is 297 g/mol. The summed E-state index contributed by atoms with van der Waals surface area (Å²) in [5.41, 5.74) is -4.46. The van der Waals surface area contributed by atoms with Crippen LogP contribution in [0.5, 0.6) is 0 Å². The number of nitrogens with zero attached hydrogens (tertiary/aromatic N) is 1. The van der Waals surface area contributed by atoms with Crippen molar-refractivity contribution in [3.8, 4) is 0 Å². The molecule has 0 saturated carbocycles. The number of aliphatic imine (C=N–C) groups is 1. The lowest BCUT2D eigenvalue weighted by molar-refractivity contribution is -0.0510. The van der Waals surface area contributed by atoms with Crippen LogP contribution in [0.1, 0.15) is 5.56 Å². The van der Waals surface area contributed by atoms with Crippen LogP contribution < -0.4 is 0 Å². The summed E-state index contributed by atoms with van der Waals surface area (Å²) >= 11 is 0. The molecule has 0 spiro atoms. The summed E-state index contributed by atoms with van der Waals surface area (Å²) in [5, 5.41) is 0. The van der Waals surface area contributed by atoms with Crippen LogP contribution in [0, 0.1) is 0 Å². The van der Waals surface area contributed by atoms with Crippen LogP contribution in [0.4, 0.5) is 13.2 Å². The van der Waals surface area contributed by atoms with Gasteiger partial charge < -0.3 is 4.74 Å². The number of rotatable bonds is 1. The highest BCUT2D eigenvalue weighted by Crippen LogP contribution is 2.20. The summed E-state index contributed by atoms with van der Waals surface area (Å²) in [6.45, 7) is 1.52. The fourth-order valence-corrected chi connectivity index (χ4v) is 1.09. The SMILES string of the molecule is O=S(=O)(O)C(F)(F)F.c1ccc(C2=NCCO2)cc1. The smallest absolute Gasteiger partial charge is 0.476 e. The number of ether oxygens (including phenoxy) is 1. The molecule has 19 heavy (non-hydrogen) atoms. The van der Waals surface area contributed by atoms with E-state index in [0.29, 0.717) is 0 Å². The molecule has 5 nitrogen and oxygen atoms in total. The second-order valence-electron chi connectivity index (χ2n) is 3.32. The van der Waals surface area contributed by atoms with Gasteiger partial charge in [-0.05, 0) is 12.1 Å². The van der Waals surface area contributed by atoms with E-state index in [0.717, 1.165) is 24.6 Å². The van der Waals surface area contributed by atoms with Gasteiger partial charge >= 0.3 is 15.6 Å². The summed E-state index contributed by atoms with van der Waals surface area (Å²) in [6.07, 6.45) is 0. The lowest BCUT2D eigenvalue weighted by Crippen LogP contribution is -2.21. The molecule has 1 aromatic rings. The van der Waals surface area contributed by atoms with Gasteiger partial charge in [0.25, 0.3) is 0 Å². The largest absolute Gasteiger partial charge is 0.522 e. The maximum absolute atomic E-state index is 10.7. The van der Waals surface area contributed by atoms with E-state index in [2.05, 4.69) is 4.99 Å². The van der Waals surface area contributed by atoms with Gasteiger partial charge in [0.1, 0.15) is 6.61 Å². The van der Waals surface area contributed by atoms with Crippen molar-refractivity contribution in [2.24, 2.45) is 4.99 Å².